The monoisotopic (exact) mass is 456 g/mol. The van der Waals surface area contributed by atoms with Crippen LogP contribution < -0.4 is 9.62 Å². The fraction of sp³-hybridized carbons (Fsp3) is 0.167. The molecular formula is C18H14Cl2N2O6S. The van der Waals surface area contributed by atoms with Gasteiger partial charge in [-0.05, 0) is 36.4 Å². The molecule has 1 aliphatic heterocycles. The number of halogens is 2. The molecule has 0 unspecified atom stereocenters. The zero-order chi connectivity index (χ0) is 21.3. The second kappa shape index (κ2) is 8.02. The van der Waals surface area contributed by atoms with Crippen LogP contribution in [0.5, 0.6) is 0 Å². The summed E-state index contributed by atoms with van der Waals surface area (Å²) in [4.78, 5) is 36.4. The molecule has 29 heavy (non-hydrogen) atoms. The van der Waals surface area contributed by atoms with Crippen LogP contribution in [0.4, 0.5) is 11.4 Å². The Morgan fingerprint density at radius 1 is 1.10 bits per heavy atom. The summed E-state index contributed by atoms with van der Waals surface area (Å²) in [5, 5.41) is 2.72. The van der Waals surface area contributed by atoms with Gasteiger partial charge in [-0.25, -0.2) is 17.5 Å². The van der Waals surface area contributed by atoms with Crippen molar-refractivity contribution in [3.05, 3.63) is 57.6 Å². The van der Waals surface area contributed by atoms with E-state index < -0.39 is 27.8 Å². The number of esters is 1. The summed E-state index contributed by atoms with van der Waals surface area (Å²) in [6.07, 6.45) is -0.136. The zero-order valence-corrected chi connectivity index (χ0v) is 17.3. The number of nitrogens with one attached hydrogen (secondary N) is 1. The first-order valence-electron chi connectivity index (χ1n) is 8.18. The third-order valence-electron chi connectivity index (χ3n) is 4.14. The predicted octanol–water partition coefficient (Wildman–Crippen LogP) is 3.10. The van der Waals surface area contributed by atoms with Gasteiger partial charge in [0, 0.05) is 6.42 Å². The molecule has 0 atom stereocenters. The highest BCUT2D eigenvalue weighted by molar-refractivity contribution is 7.94. The molecule has 152 valence electrons. The maximum absolute atomic E-state index is 12.7. The molecule has 1 fully saturated rings. The highest BCUT2D eigenvalue weighted by Crippen LogP contribution is 2.30. The quantitative estimate of drug-likeness (QED) is 0.707. The van der Waals surface area contributed by atoms with Gasteiger partial charge in [0.05, 0.1) is 45.4 Å². The Balaban J connectivity index is 1.95. The number of benzene rings is 2. The Morgan fingerprint density at radius 2 is 1.79 bits per heavy atom. The number of carbonyl (C=O) groups excluding carboxylic acids is 3. The van der Waals surface area contributed by atoms with Crippen molar-refractivity contribution in [1.82, 2.24) is 0 Å². The molecule has 2 aromatic carbocycles. The zero-order valence-electron chi connectivity index (χ0n) is 14.9. The number of anilines is 2. The fourth-order valence-electron chi connectivity index (χ4n) is 2.74. The largest absolute Gasteiger partial charge is 0.465 e. The van der Waals surface area contributed by atoms with Crippen molar-refractivity contribution in [2.24, 2.45) is 0 Å². The van der Waals surface area contributed by atoms with Crippen LogP contribution >= 0.6 is 23.2 Å². The predicted molar refractivity (Wildman–Crippen MR) is 108 cm³/mol. The lowest BCUT2D eigenvalue weighted by molar-refractivity contribution is -0.116. The van der Waals surface area contributed by atoms with E-state index >= 15 is 0 Å². The number of hydrogen-bond donors (Lipinski definition) is 1. The summed E-state index contributed by atoms with van der Waals surface area (Å²) in [5.74, 6) is -2.21. The number of methoxy groups -OCH3 is 1. The second-order valence-electron chi connectivity index (χ2n) is 6.03. The van der Waals surface area contributed by atoms with Crippen molar-refractivity contribution in [3.63, 3.8) is 0 Å². The van der Waals surface area contributed by atoms with Crippen molar-refractivity contribution < 1.29 is 27.5 Å². The average Bonchev–Trinajstić information content (AvgIpc) is 2.96. The van der Waals surface area contributed by atoms with Crippen molar-refractivity contribution >= 4 is 62.4 Å². The smallest absolute Gasteiger partial charge is 0.337 e. The molecule has 0 saturated carbocycles. The maximum Gasteiger partial charge on any atom is 0.337 e. The highest BCUT2D eigenvalue weighted by Gasteiger charge is 2.36. The molecule has 3 rings (SSSR count). The lowest BCUT2D eigenvalue weighted by Crippen LogP contribution is -2.29. The molecule has 0 aromatic heterocycles. The van der Waals surface area contributed by atoms with Gasteiger partial charge in [0.2, 0.25) is 15.9 Å². The molecule has 1 aliphatic rings. The van der Waals surface area contributed by atoms with E-state index in [0.717, 1.165) is 0 Å². The normalized spacial score (nSPS) is 15.3. The topological polar surface area (TPSA) is 110 Å². The summed E-state index contributed by atoms with van der Waals surface area (Å²) in [6, 6.07) is 8.04. The van der Waals surface area contributed by atoms with Crippen LogP contribution in [-0.2, 0) is 19.6 Å². The van der Waals surface area contributed by atoms with Gasteiger partial charge in [-0.15, -0.1) is 0 Å². The van der Waals surface area contributed by atoms with E-state index in [4.69, 9.17) is 23.2 Å². The van der Waals surface area contributed by atoms with Crippen LogP contribution in [0, 0.1) is 0 Å². The molecule has 0 radical (unpaired) electrons. The van der Waals surface area contributed by atoms with Crippen LogP contribution in [-0.4, -0.2) is 39.1 Å². The SMILES string of the molecule is COC(=O)c1ccc(Cl)c(NC(=O)c2cc(N3C(=O)CCS3(=O)=O)ccc2Cl)c1. The number of sulfonamides is 1. The van der Waals surface area contributed by atoms with E-state index in [0.29, 0.717) is 4.31 Å². The minimum absolute atomic E-state index is 0.0106. The van der Waals surface area contributed by atoms with E-state index in [1.165, 1.54) is 43.5 Å². The number of ether oxygens (including phenoxy) is 1. The Bertz CT molecular complexity index is 1130. The molecule has 0 bridgehead atoms. The van der Waals surface area contributed by atoms with E-state index in [1.807, 2.05) is 0 Å². The minimum Gasteiger partial charge on any atom is -0.465 e. The van der Waals surface area contributed by atoms with Crippen LogP contribution in [0.25, 0.3) is 0 Å². The number of amides is 2. The van der Waals surface area contributed by atoms with Crippen molar-refractivity contribution in [1.29, 1.82) is 0 Å². The van der Waals surface area contributed by atoms with Gasteiger partial charge in [0.1, 0.15) is 0 Å². The number of carbonyl (C=O) groups is 3. The summed E-state index contributed by atoms with van der Waals surface area (Å²) in [6.45, 7) is 0. The Hall–Kier alpha value is -2.62. The number of hydrogen-bond acceptors (Lipinski definition) is 6. The van der Waals surface area contributed by atoms with Gasteiger partial charge in [-0.2, -0.15) is 0 Å². The molecule has 1 N–H and O–H groups in total. The molecule has 2 aromatic rings. The summed E-state index contributed by atoms with van der Waals surface area (Å²) >= 11 is 12.2. The lowest BCUT2D eigenvalue weighted by atomic mass is 10.1. The Labute approximate surface area is 176 Å². The van der Waals surface area contributed by atoms with Crippen molar-refractivity contribution in [3.8, 4) is 0 Å². The summed E-state index contributed by atoms with van der Waals surface area (Å²) in [7, 11) is -2.58. The minimum atomic E-state index is -3.79. The third kappa shape index (κ3) is 4.21. The first-order valence-corrected chi connectivity index (χ1v) is 10.5. The lowest BCUT2D eigenvalue weighted by Gasteiger charge is -2.17. The Morgan fingerprint density at radius 3 is 2.41 bits per heavy atom. The van der Waals surface area contributed by atoms with Crippen LogP contribution in [0.1, 0.15) is 27.1 Å². The van der Waals surface area contributed by atoms with Crippen LogP contribution in [0.3, 0.4) is 0 Å². The van der Waals surface area contributed by atoms with E-state index in [-0.39, 0.29) is 44.7 Å². The van der Waals surface area contributed by atoms with E-state index in [9.17, 15) is 22.8 Å². The van der Waals surface area contributed by atoms with E-state index in [2.05, 4.69) is 10.1 Å². The molecule has 0 spiro atoms. The molecule has 11 heteroatoms. The van der Waals surface area contributed by atoms with Crippen molar-refractivity contribution in [2.45, 2.75) is 6.42 Å². The number of rotatable bonds is 4. The standard InChI is InChI=1S/C18H14Cl2N2O6S/c1-28-18(25)10-2-4-14(20)15(8-10)21-17(24)12-9-11(3-5-13(12)19)22-16(23)6-7-29(22,26)27/h2-5,8-9H,6-7H2,1H3,(H,21,24). The van der Waals surface area contributed by atoms with Gasteiger partial charge < -0.3 is 10.1 Å². The van der Waals surface area contributed by atoms with Gasteiger partial charge in [0.15, 0.2) is 0 Å². The highest BCUT2D eigenvalue weighted by atomic mass is 35.5. The van der Waals surface area contributed by atoms with Crippen LogP contribution in [0.15, 0.2) is 36.4 Å². The first-order chi connectivity index (χ1) is 13.6. The van der Waals surface area contributed by atoms with Gasteiger partial charge in [-0.1, -0.05) is 23.2 Å². The molecule has 1 heterocycles. The molecular weight excluding hydrogens is 443 g/mol. The fourth-order valence-corrected chi connectivity index (χ4v) is 4.56. The summed E-state index contributed by atoms with van der Waals surface area (Å²) in [5.41, 5.74) is 0.238. The maximum atomic E-state index is 12.7. The third-order valence-corrected chi connectivity index (χ3v) is 6.49. The summed E-state index contributed by atoms with van der Waals surface area (Å²) < 4.78 is 29.5. The second-order valence-corrected chi connectivity index (χ2v) is 8.78. The van der Waals surface area contributed by atoms with E-state index in [1.54, 1.807) is 0 Å². The number of nitrogens with zero attached hydrogens (tertiary/aromatic N) is 1. The van der Waals surface area contributed by atoms with Gasteiger partial charge in [-0.3, -0.25) is 9.59 Å². The van der Waals surface area contributed by atoms with Crippen molar-refractivity contribution in [2.75, 3.05) is 22.5 Å². The molecule has 0 aliphatic carbocycles. The first kappa shape index (κ1) is 21.1. The van der Waals surface area contributed by atoms with Crippen LogP contribution in [0.2, 0.25) is 10.0 Å². The molecule has 1 saturated heterocycles. The Kier molecular flexibility index (Phi) is 5.83. The molecule has 8 nitrogen and oxygen atoms in total. The molecule has 2 amide bonds. The van der Waals surface area contributed by atoms with Gasteiger partial charge in [0.25, 0.3) is 5.91 Å². The average molecular weight is 457 g/mol. The van der Waals surface area contributed by atoms with Gasteiger partial charge >= 0.3 is 5.97 Å².